The average Bonchev–Trinajstić information content (AvgIpc) is 3.06. The van der Waals surface area contributed by atoms with Gasteiger partial charge in [-0.15, -0.1) is 0 Å². The molecule has 2 aromatic heterocycles. The first kappa shape index (κ1) is 23.8. The van der Waals surface area contributed by atoms with Gasteiger partial charge in [0.15, 0.2) is 0 Å². The summed E-state index contributed by atoms with van der Waals surface area (Å²) < 4.78 is 3.35. The fourth-order valence-electron chi connectivity index (χ4n) is 4.32. The number of carbonyl (C=O) groups excluding carboxylic acids is 1. The number of rotatable bonds is 8. The van der Waals surface area contributed by atoms with E-state index >= 15 is 0 Å². The van der Waals surface area contributed by atoms with Gasteiger partial charge in [0.1, 0.15) is 6.54 Å². The van der Waals surface area contributed by atoms with E-state index < -0.39 is 0 Å². The molecule has 1 amide bonds. The summed E-state index contributed by atoms with van der Waals surface area (Å²) >= 11 is 6.01. The molecule has 0 spiro atoms. The summed E-state index contributed by atoms with van der Waals surface area (Å²) in [5.41, 5.74) is 3.91. The third kappa shape index (κ3) is 5.23. The average molecular weight is 477 g/mol. The van der Waals surface area contributed by atoms with Crippen LogP contribution < -0.4 is 10.9 Å². The van der Waals surface area contributed by atoms with Crippen molar-refractivity contribution in [2.24, 2.45) is 0 Å². The smallest absolute Gasteiger partial charge is 0.276 e. The van der Waals surface area contributed by atoms with Crippen molar-refractivity contribution < 1.29 is 4.79 Å². The lowest BCUT2D eigenvalue weighted by atomic mass is 10.1. The number of hydrogen-bond donors (Lipinski definition) is 1. The fraction of sp³-hybridized carbons (Fsp3) is 0.296. The van der Waals surface area contributed by atoms with Crippen molar-refractivity contribution in [3.05, 3.63) is 98.7 Å². The molecule has 4 rings (SSSR count). The highest BCUT2D eigenvalue weighted by Gasteiger charge is 2.18. The maximum Gasteiger partial charge on any atom is 0.276 e. The monoisotopic (exact) mass is 476 g/mol. The number of amides is 1. The minimum atomic E-state index is -0.250. The molecule has 0 radical (unpaired) electrons. The molecule has 2 aromatic carbocycles. The fourth-order valence-corrected chi connectivity index (χ4v) is 4.45. The van der Waals surface area contributed by atoms with Crippen LogP contribution in [0.3, 0.4) is 0 Å². The second-order valence-corrected chi connectivity index (χ2v) is 9.21. The van der Waals surface area contributed by atoms with Crippen molar-refractivity contribution in [3.8, 4) is 0 Å². The Kier molecular flexibility index (Phi) is 7.17. The molecule has 4 aromatic rings. The van der Waals surface area contributed by atoms with Crippen LogP contribution in [0.2, 0.25) is 5.02 Å². The SMILES string of the molecule is Cc1c2cnn(CC(=O)NC(C)CCc3ccccc3)c(=O)c2c(C)n1Cc1ccc(Cl)cc1. The zero-order valence-corrected chi connectivity index (χ0v) is 20.5. The molecule has 1 unspecified atom stereocenters. The van der Waals surface area contributed by atoms with Crippen LogP contribution in [-0.4, -0.2) is 26.3 Å². The molecule has 0 saturated heterocycles. The zero-order chi connectivity index (χ0) is 24.2. The molecule has 6 nitrogen and oxygen atoms in total. The maximum atomic E-state index is 13.2. The lowest BCUT2D eigenvalue weighted by Crippen LogP contribution is -2.38. The van der Waals surface area contributed by atoms with Crippen molar-refractivity contribution in [2.75, 3.05) is 0 Å². The predicted molar refractivity (Wildman–Crippen MR) is 136 cm³/mol. The summed E-state index contributed by atoms with van der Waals surface area (Å²) in [7, 11) is 0. The quantitative estimate of drug-likeness (QED) is 0.402. The Morgan fingerprint density at radius 3 is 2.44 bits per heavy atom. The molecular weight excluding hydrogens is 448 g/mol. The summed E-state index contributed by atoms with van der Waals surface area (Å²) in [5.74, 6) is -0.218. The highest BCUT2D eigenvalue weighted by atomic mass is 35.5. The van der Waals surface area contributed by atoms with Crippen molar-refractivity contribution >= 4 is 28.3 Å². The molecule has 7 heteroatoms. The number of nitrogens with zero attached hydrogens (tertiary/aromatic N) is 3. The van der Waals surface area contributed by atoms with Crippen molar-refractivity contribution in [1.29, 1.82) is 0 Å². The Morgan fingerprint density at radius 2 is 1.74 bits per heavy atom. The van der Waals surface area contributed by atoms with E-state index in [1.54, 1.807) is 6.20 Å². The first-order valence-corrected chi connectivity index (χ1v) is 11.8. The summed E-state index contributed by atoms with van der Waals surface area (Å²) in [4.78, 5) is 25.9. The van der Waals surface area contributed by atoms with Gasteiger partial charge in [-0.3, -0.25) is 9.59 Å². The van der Waals surface area contributed by atoms with Gasteiger partial charge in [-0.05, 0) is 56.9 Å². The number of benzene rings is 2. The number of nitrogens with one attached hydrogen (secondary N) is 1. The first-order valence-electron chi connectivity index (χ1n) is 11.5. The van der Waals surface area contributed by atoms with Crippen LogP contribution in [0.4, 0.5) is 0 Å². The van der Waals surface area contributed by atoms with Crippen LogP contribution in [0.25, 0.3) is 10.8 Å². The second kappa shape index (κ2) is 10.3. The molecule has 1 atom stereocenters. The van der Waals surface area contributed by atoms with Gasteiger partial charge in [0.2, 0.25) is 5.91 Å². The largest absolute Gasteiger partial charge is 0.352 e. The number of carbonyl (C=O) groups is 1. The molecule has 0 fully saturated rings. The van der Waals surface area contributed by atoms with E-state index in [1.807, 2.05) is 63.2 Å². The maximum absolute atomic E-state index is 13.2. The third-order valence-corrected chi connectivity index (χ3v) is 6.52. The van der Waals surface area contributed by atoms with Crippen LogP contribution >= 0.6 is 11.6 Å². The summed E-state index contributed by atoms with van der Waals surface area (Å²) in [6, 6.07) is 17.9. The molecule has 0 aliphatic heterocycles. The Morgan fingerprint density at radius 1 is 1.03 bits per heavy atom. The van der Waals surface area contributed by atoms with E-state index in [0.29, 0.717) is 17.0 Å². The van der Waals surface area contributed by atoms with Gasteiger partial charge in [0, 0.05) is 34.4 Å². The van der Waals surface area contributed by atoms with Gasteiger partial charge in [-0.25, -0.2) is 4.68 Å². The number of fused-ring (bicyclic) bond motifs is 1. The van der Waals surface area contributed by atoms with Crippen molar-refractivity contribution in [1.82, 2.24) is 19.7 Å². The van der Waals surface area contributed by atoms with Gasteiger partial charge < -0.3 is 9.88 Å². The molecule has 0 aliphatic rings. The molecular formula is C27H29ClN4O2. The minimum Gasteiger partial charge on any atom is -0.352 e. The number of aromatic nitrogens is 3. The molecule has 34 heavy (non-hydrogen) atoms. The zero-order valence-electron chi connectivity index (χ0n) is 19.7. The Bertz CT molecular complexity index is 1360. The molecule has 1 N–H and O–H groups in total. The number of hydrogen-bond acceptors (Lipinski definition) is 3. The minimum absolute atomic E-state index is 0.00317. The topological polar surface area (TPSA) is 68.9 Å². The van der Waals surface area contributed by atoms with Crippen LogP contribution in [0, 0.1) is 13.8 Å². The van der Waals surface area contributed by atoms with Gasteiger partial charge in [0.05, 0.1) is 11.6 Å². The lowest BCUT2D eigenvalue weighted by Gasteiger charge is -2.14. The third-order valence-electron chi connectivity index (χ3n) is 6.27. The standard InChI is InChI=1S/C27H29ClN4O2/c1-18(9-10-21-7-5-4-6-8-21)30-25(33)17-32-27(34)26-20(3)31(19(2)24(26)15-29-32)16-22-11-13-23(28)14-12-22/h4-8,11-15,18H,9-10,16-17H2,1-3H3,(H,30,33). The summed E-state index contributed by atoms with van der Waals surface area (Å²) in [6.07, 6.45) is 3.39. The molecule has 0 bridgehead atoms. The van der Waals surface area contributed by atoms with E-state index in [0.717, 1.165) is 35.2 Å². The highest BCUT2D eigenvalue weighted by molar-refractivity contribution is 6.30. The molecule has 0 saturated carbocycles. The number of aryl methyl sites for hydroxylation is 3. The van der Waals surface area contributed by atoms with Crippen LogP contribution in [-0.2, 0) is 24.3 Å². The van der Waals surface area contributed by atoms with Crippen LogP contribution in [0.5, 0.6) is 0 Å². The molecule has 2 heterocycles. The van der Waals surface area contributed by atoms with Gasteiger partial charge in [-0.2, -0.15) is 5.10 Å². The predicted octanol–water partition coefficient (Wildman–Crippen LogP) is 4.65. The second-order valence-electron chi connectivity index (χ2n) is 8.77. The number of halogens is 1. The van der Waals surface area contributed by atoms with Crippen LogP contribution in [0.15, 0.2) is 65.6 Å². The van der Waals surface area contributed by atoms with E-state index in [1.165, 1.54) is 10.2 Å². The summed E-state index contributed by atoms with van der Waals surface area (Å²) in [6.45, 7) is 6.42. The lowest BCUT2D eigenvalue weighted by molar-refractivity contribution is -0.122. The van der Waals surface area contributed by atoms with E-state index in [9.17, 15) is 9.59 Å². The molecule has 176 valence electrons. The summed E-state index contributed by atoms with van der Waals surface area (Å²) in [5, 5.41) is 9.38. The van der Waals surface area contributed by atoms with E-state index in [2.05, 4.69) is 27.1 Å². The Balaban J connectivity index is 1.48. The van der Waals surface area contributed by atoms with Gasteiger partial charge in [-0.1, -0.05) is 54.1 Å². The van der Waals surface area contributed by atoms with Crippen molar-refractivity contribution in [2.45, 2.75) is 52.7 Å². The normalized spacial score (nSPS) is 12.1. The van der Waals surface area contributed by atoms with E-state index in [4.69, 9.17) is 11.6 Å². The Hall–Kier alpha value is -3.38. The first-order chi connectivity index (χ1) is 16.3. The Labute approximate surface area is 204 Å². The highest BCUT2D eigenvalue weighted by Crippen LogP contribution is 2.23. The van der Waals surface area contributed by atoms with Gasteiger partial charge in [0.25, 0.3) is 5.56 Å². The van der Waals surface area contributed by atoms with Crippen molar-refractivity contribution in [3.63, 3.8) is 0 Å². The van der Waals surface area contributed by atoms with E-state index in [-0.39, 0.29) is 24.1 Å². The van der Waals surface area contributed by atoms with Crippen LogP contribution in [0.1, 0.15) is 35.9 Å². The molecule has 0 aliphatic carbocycles. The van der Waals surface area contributed by atoms with Gasteiger partial charge >= 0.3 is 0 Å².